The molecule has 0 radical (unpaired) electrons. The first-order chi connectivity index (χ1) is 13.4. The van der Waals surface area contributed by atoms with Gasteiger partial charge in [-0.05, 0) is 49.4 Å². The Morgan fingerprint density at radius 1 is 1.18 bits per heavy atom. The zero-order valence-corrected chi connectivity index (χ0v) is 17.2. The molecule has 0 amide bonds. The molecule has 3 aromatic rings. The van der Waals surface area contributed by atoms with Crippen LogP contribution in [0.1, 0.15) is 13.3 Å². The summed E-state index contributed by atoms with van der Waals surface area (Å²) in [6, 6.07) is 14.6. The number of azo groups is 1. The molecule has 28 heavy (non-hydrogen) atoms. The van der Waals surface area contributed by atoms with Crippen LogP contribution in [0.25, 0.3) is 10.2 Å². The molecule has 0 unspecified atom stereocenters. The number of hydrogen-bond donors (Lipinski definition) is 0. The zero-order chi connectivity index (χ0) is 20.1. The summed E-state index contributed by atoms with van der Waals surface area (Å²) in [5.41, 5.74) is 2.42. The van der Waals surface area contributed by atoms with E-state index in [1.165, 1.54) is 17.6 Å². The van der Waals surface area contributed by atoms with E-state index in [0.717, 1.165) is 16.9 Å². The van der Waals surface area contributed by atoms with Crippen molar-refractivity contribution in [2.45, 2.75) is 18.2 Å². The Morgan fingerprint density at radius 2 is 1.93 bits per heavy atom. The molecular formula is C19H19N5O2S2. The fraction of sp³-hybridized carbons (Fsp3) is 0.263. The molecule has 144 valence electrons. The van der Waals surface area contributed by atoms with Gasteiger partial charge in [-0.15, -0.1) is 10.2 Å². The first kappa shape index (κ1) is 19.9. The van der Waals surface area contributed by atoms with E-state index in [4.69, 9.17) is 5.26 Å². The first-order valence-corrected chi connectivity index (χ1v) is 11.4. The predicted octanol–water partition coefficient (Wildman–Crippen LogP) is 4.86. The van der Waals surface area contributed by atoms with E-state index < -0.39 is 9.84 Å². The monoisotopic (exact) mass is 413 g/mol. The van der Waals surface area contributed by atoms with Crippen LogP contribution in [-0.2, 0) is 9.84 Å². The maximum Gasteiger partial charge on any atom is 0.231 e. The van der Waals surface area contributed by atoms with Gasteiger partial charge in [0, 0.05) is 25.0 Å². The summed E-state index contributed by atoms with van der Waals surface area (Å²) in [5.74, 6) is 0. The van der Waals surface area contributed by atoms with Gasteiger partial charge in [0.25, 0.3) is 0 Å². The minimum Gasteiger partial charge on any atom is -0.371 e. The van der Waals surface area contributed by atoms with Gasteiger partial charge in [-0.3, -0.25) is 0 Å². The summed E-state index contributed by atoms with van der Waals surface area (Å²) in [4.78, 5) is 6.75. The van der Waals surface area contributed by atoms with Crippen LogP contribution in [0.15, 0.2) is 57.6 Å². The van der Waals surface area contributed by atoms with Gasteiger partial charge in [0.2, 0.25) is 5.13 Å². The van der Waals surface area contributed by atoms with E-state index >= 15 is 0 Å². The van der Waals surface area contributed by atoms with Crippen molar-refractivity contribution in [3.63, 3.8) is 0 Å². The Bertz CT molecular complexity index is 1150. The number of hydrogen-bond acceptors (Lipinski definition) is 8. The molecule has 0 saturated carbocycles. The number of aromatic nitrogens is 1. The van der Waals surface area contributed by atoms with Gasteiger partial charge in [-0.2, -0.15) is 5.26 Å². The van der Waals surface area contributed by atoms with Crippen LogP contribution >= 0.6 is 11.3 Å². The minimum absolute atomic E-state index is 0.264. The fourth-order valence-electron chi connectivity index (χ4n) is 2.65. The van der Waals surface area contributed by atoms with E-state index in [9.17, 15) is 8.42 Å². The second-order valence-corrected chi connectivity index (χ2v) is 9.13. The largest absolute Gasteiger partial charge is 0.371 e. The van der Waals surface area contributed by atoms with Crippen molar-refractivity contribution in [2.24, 2.45) is 10.2 Å². The molecule has 3 rings (SSSR count). The van der Waals surface area contributed by atoms with Gasteiger partial charge in [-0.1, -0.05) is 11.3 Å². The maximum atomic E-state index is 11.7. The van der Waals surface area contributed by atoms with E-state index in [-0.39, 0.29) is 4.90 Å². The number of anilines is 1. The van der Waals surface area contributed by atoms with Crippen molar-refractivity contribution in [1.29, 1.82) is 5.26 Å². The molecule has 0 saturated heterocycles. The summed E-state index contributed by atoms with van der Waals surface area (Å²) < 4.78 is 24.1. The zero-order valence-electron chi connectivity index (χ0n) is 15.5. The van der Waals surface area contributed by atoms with Crippen molar-refractivity contribution >= 4 is 47.9 Å². The van der Waals surface area contributed by atoms with Crippen LogP contribution in [0, 0.1) is 11.3 Å². The molecule has 2 aromatic carbocycles. The van der Waals surface area contributed by atoms with Crippen LogP contribution in [-0.4, -0.2) is 32.7 Å². The van der Waals surface area contributed by atoms with Gasteiger partial charge in [-0.25, -0.2) is 13.4 Å². The van der Waals surface area contributed by atoms with Crippen LogP contribution in [0.4, 0.5) is 16.5 Å². The summed E-state index contributed by atoms with van der Waals surface area (Å²) >= 11 is 1.29. The highest BCUT2D eigenvalue weighted by Gasteiger charge is 2.10. The van der Waals surface area contributed by atoms with E-state index in [1.54, 1.807) is 18.2 Å². The van der Waals surface area contributed by atoms with Crippen LogP contribution < -0.4 is 4.90 Å². The third kappa shape index (κ3) is 4.71. The molecule has 0 bridgehead atoms. The lowest BCUT2D eigenvalue weighted by Crippen LogP contribution is -2.23. The number of fused-ring (bicyclic) bond motifs is 1. The predicted molar refractivity (Wildman–Crippen MR) is 111 cm³/mol. The van der Waals surface area contributed by atoms with E-state index in [2.05, 4.69) is 26.2 Å². The number of rotatable bonds is 7. The number of nitrogens with zero attached hydrogens (tertiary/aromatic N) is 5. The first-order valence-electron chi connectivity index (χ1n) is 8.65. The molecular weight excluding hydrogens is 394 g/mol. The topological polar surface area (TPSA) is 98.8 Å². The second kappa shape index (κ2) is 8.46. The average molecular weight is 414 g/mol. The molecule has 7 nitrogen and oxygen atoms in total. The summed E-state index contributed by atoms with van der Waals surface area (Å²) in [6.07, 6.45) is 1.66. The van der Waals surface area contributed by atoms with Crippen molar-refractivity contribution in [3.05, 3.63) is 42.5 Å². The summed E-state index contributed by atoms with van der Waals surface area (Å²) in [5, 5.41) is 17.6. The highest BCUT2D eigenvalue weighted by molar-refractivity contribution is 7.90. The average Bonchev–Trinajstić information content (AvgIpc) is 3.09. The lowest BCUT2D eigenvalue weighted by molar-refractivity contribution is 0.602. The van der Waals surface area contributed by atoms with Crippen LogP contribution in [0.2, 0.25) is 0 Å². The van der Waals surface area contributed by atoms with E-state index in [1.807, 2.05) is 31.2 Å². The van der Waals surface area contributed by atoms with Gasteiger partial charge in [0.1, 0.15) is 0 Å². The maximum absolute atomic E-state index is 11.7. The van der Waals surface area contributed by atoms with Crippen molar-refractivity contribution in [2.75, 3.05) is 24.2 Å². The molecule has 9 heteroatoms. The lowest BCUT2D eigenvalue weighted by atomic mass is 10.2. The standard InChI is InChI=1S/C19H19N5O2S2/c1-3-24(12-4-11-20)15-7-5-14(6-8-15)22-23-19-21-17-10-9-16(28(2,25)26)13-18(17)27-19/h5-10,13H,3-4,12H2,1-2H3. The lowest BCUT2D eigenvalue weighted by Gasteiger charge is -2.21. The smallest absolute Gasteiger partial charge is 0.231 e. The number of thiazole rings is 1. The van der Waals surface area contributed by atoms with Crippen molar-refractivity contribution in [3.8, 4) is 6.07 Å². The Hall–Kier alpha value is -2.83. The van der Waals surface area contributed by atoms with Crippen LogP contribution in [0.3, 0.4) is 0 Å². The molecule has 0 N–H and O–H groups in total. The third-order valence-electron chi connectivity index (χ3n) is 4.12. The van der Waals surface area contributed by atoms with E-state index in [0.29, 0.717) is 29.3 Å². The molecule has 0 aliphatic heterocycles. The van der Waals surface area contributed by atoms with Gasteiger partial charge in [0.05, 0.1) is 33.3 Å². The Labute approximate surface area is 167 Å². The molecule has 0 aliphatic rings. The minimum atomic E-state index is -3.26. The fourth-order valence-corrected chi connectivity index (χ4v) is 4.20. The molecule has 0 aliphatic carbocycles. The highest BCUT2D eigenvalue weighted by Crippen LogP contribution is 2.31. The highest BCUT2D eigenvalue weighted by atomic mass is 32.2. The Morgan fingerprint density at radius 3 is 2.57 bits per heavy atom. The Balaban J connectivity index is 1.77. The number of nitriles is 1. The molecule has 1 aromatic heterocycles. The molecule has 0 spiro atoms. The number of benzene rings is 2. The molecule has 1 heterocycles. The van der Waals surface area contributed by atoms with Crippen molar-refractivity contribution in [1.82, 2.24) is 4.98 Å². The summed E-state index contributed by atoms with van der Waals surface area (Å²) in [7, 11) is -3.26. The second-order valence-electron chi connectivity index (χ2n) is 6.10. The SMILES string of the molecule is CCN(CCC#N)c1ccc(N=Nc2nc3ccc(S(C)(=O)=O)cc3s2)cc1. The summed E-state index contributed by atoms with van der Waals surface area (Å²) in [6.45, 7) is 3.56. The van der Waals surface area contributed by atoms with Crippen LogP contribution in [0.5, 0.6) is 0 Å². The van der Waals surface area contributed by atoms with Gasteiger partial charge in [0.15, 0.2) is 9.84 Å². The normalized spacial score (nSPS) is 11.8. The quantitative estimate of drug-likeness (QED) is 0.515. The number of sulfone groups is 1. The molecule has 0 atom stereocenters. The molecule has 0 fully saturated rings. The van der Waals surface area contributed by atoms with Gasteiger partial charge < -0.3 is 4.90 Å². The third-order valence-corrected chi connectivity index (χ3v) is 6.13. The van der Waals surface area contributed by atoms with Gasteiger partial charge >= 0.3 is 0 Å². The Kier molecular flexibility index (Phi) is 6.02. The van der Waals surface area contributed by atoms with Crippen molar-refractivity contribution < 1.29 is 8.42 Å².